The Morgan fingerprint density at radius 1 is 0.264 bits per heavy atom. The van der Waals surface area contributed by atoms with E-state index in [9.17, 15) is 0 Å². The van der Waals surface area contributed by atoms with Gasteiger partial charge in [-0.3, -0.25) is 0 Å². The SMILES string of the molecule is c1ccc(C2(c3ccccc3)c3ccccc3-c3c2cc(N(c2ccc(-c4ccc(-n5c6ccccc6c6ccccc65)cc4)cc2)c2ccc4c(c2)C2(c5ccccc5-4)c4ccccc4-n4c5ccccc5c5cccc2c54)c2ccccc32)cc1. The zero-order valence-corrected chi connectivity index (χ0v) is 47.4. The Labute approximate surface area is 504 Å². The van der Waals surface area contributed by atoms with Gasteiger partial charge in [-0.05, 0) is 150 Å². The second-order valence-electron chi connectivity index (χ2n) is 23.8. The number of para-hydroxylation sites is 5. The van der Waals surface area contributed by atoms with E-state index in [-0.39, 0.29) is 0 Å². The molecule has 3 heteroatoms. The average Bonchev–Trinajstić information content (AvgIpc) is 1.64. The van der Waals surface area contributed by atoms with Crippen molar-refractivity contribution in [1.82, 2.24) is 9.13 Å². The highest BCUT2D eigenvalue weighted by atomic mass is 15.1. The first-order valence-corrected chi connectivity index (χ1v) is 30.3. The summed E-state index contributed by atoms with van der Waals surface area (Å²) in [5.41, 5.74) is 26.9. The molecule has 0 saturated heterocycles. The molecular weight excluding hydrogens is 1050 g/mol. The van der Waals surface area contributed by atoms with E-state index in [4.69, 9.17) is 0 Å². The molecule has 2 aliphatic carbocycles. The molecule has 19 rings (SSSR count). The average molecular weight is 1100 g/mol. The molecule has 87 heavy (non-hydrogen) atoms. The summed E-state index contributed by atoms with van der Waals surface area (Å²) in [6.45, 7) is 0. The summed E-state index contributed by atoms with van der Waals surface area (Å²) in [6, 6.07) is 121. The van der Waals surface area contributed by atoms with Crippen LogP contribution in [0.15, 0.2) is 322 Å². The Balaban J connectivity index is 0.866. The Morgan fingerprint density at radius 3 is 1.40 bits per heavy atom. The molecule has 3 nitrogen and oxygen atoms in total. The fourth-order valence-electron chi connectivity index (χ4n) is 16.4. The lowest BCUT2D eigenvalue weighted by Crippen LogP contribution is -2.33. The number of hydrogen-bond donors (Lipinski definition) is 0. The first kappa shape index (κ1) is 48.1. The van der Waals surface area contributed by atoms with Crippen LogP contribution in [0.5, 0.6) is 0 Å². The summed E-state index contributed by atoms with van der Waals surface area (Å²) in [5.74, 6) is 0. The summed E-state index contributed by atoms with van der Waals surface area (Å²) >= 11 is 0. The highest BCUT2D eigenvalue weighted by molar-refractivity contribution is 6.14. The molecule has 0 saturated carbocycles. The maximum Gasteiger partial charge on any atom is 0.0755 e. The topological polar surface area (TPSA) is 13.1 Å². The fraction of sp³-hybridized carbons (Fsp3) is 0.0238. The predicted octanol–water partition coefficient (Wildman–Crippen LogP) is 21.2. The molecular formula is C84H53N3. The number of aromatic nitrogens is 2. The van der Waals surface area contributed by atoms with Crippen molar-refractivity contribution < 1.29 is 0 Å². The zero-order chi connectivity index (χ0) is 57.0. The monoisotopic (exact) mass is 1100 g/mol. The van der Waals surface area contributed by atoms with Gasteiger partial charge in [0, 0.05) is 44.0 Å². The van der Waals surface area contributed by atoms with E-state index in [2.05, 4.69) is 336 Å². The lowest BCUT2D eigenvalue weighted by Gasteiger charge is -2.40. The van der Waals surface area contributed by atoms with Crippen molar-refractivity contribution in [2.75, 3.05) is 4.90 Å². The first-order valence-electron chi connectivity index (χ1n) is 30.3. The van der Waals surface area contributed by atoms with Crippen molar-refractivity contribution >= 4 is 71.4 Å². The van der Waals surface area contributed by atoms with Gasteiger partial charge in [0.1, 0.15) is 0 Å². The lowest BCUT2D eigenvalue weighted by molar-refractivity contribution is 0.748. The molecule has 1 aliphatic heterocycles. The minimum absolute atomic E-state index is 0.624. The van der Waals surface area contributed by atoms with Gasteiger partial charge in [0.05, 0.1) is 44.3 Å². The minimum atomic E-state index is -0.638. The van der Waals surface area contributed by atoms with Gasteiger partial charge in [-0.2, -0.15) is 0 Å². The third kappa shape index (κ3) is 6.39. The van der Waals surface area contributed by atoms with Crippen LogP contribution < -0.4 is 4.90 Å². The third-order valence-electron chi connectivity index (χ3n) is 19.8. The molecule has 0 amide bonds. The Bertz CT molecular complexity index is 5420. The largest absolute Gasteiger partial charge is 0.310 e. The van der Waals surface area contributed by atoms with E-state index in [0.29, 0.717) is 0 Å². The van der Waals surface area contributed by atoms with Gasteiger partial charge in [-0.1, -0.05) is 255 Å². The smallest absolute Gasteiger partial charge is 0.0755 e. The number of anilines is 3. The van der Waals surface area contributed by atoms with Crippen LogP contribution in [0.25, 0.3) is 99.1 Å². The van der Waals surface area contributed by atoms with Crippen LogP contribution in [0, 0.1) is 0 Å². The maximum atomic E-state index is 2.57. The van der Waals surface area contributed by atoms with Gasteiger partial charge >= 0.3 is 0 Å². The predicted molar refractivity (Wildman–Crippen MR) is 361 cm³/mol. The van der Waals surface area contributed by atoms with Crippen molar-refractivity contribution in [3.8, 4) is 44.8 Å². The molecule has 3 heterocycles. The molecule has 0 bridgehead atoms. The Kier molecular flexibility index (Phi) is 10.0. The molecule has 1 unspecified atom stereocenters. The van der Waals surface area contributed by atoms with Crippen molar-refractivity contribution in [2.24, 2.45) is 0 Å². The van der Waals surface area contributed by atoms with Gasteiger partial charge in [0.25, 0.3) is 0 Å². The van der Waals surface area contributed by atoms with Crippen LogP contribution in [-0.4, -0.2) is 9.13 Å². The van der Waals surface area contributed by atoms with Crippen LogP contribution in [0.1, 0.15) is 44.5 Å². The van der Waals surface area contributed by atoms with Gasteiger partial charge in [-0.15, -0.1) is 0 Å². The molecule has 0 fully saturated rings. The summed E-state index contributed by atoms with van der Waals surface area (Å²) < 4.78 is 4.93. The van der Waals surface area contributed by atoms with Crippen LogP contribution in [0.4, 0.5) is 17.1 Å². The Morgan fingerprint density at radius 2 is 0.736 bits per heavy atom. The fourth-order valence-corrected chi connectivity index (χ4v) is 16.4. The summed E-state index contributed by atoms with van der Waals surface area (Å²) in [5, 5.41) is 7.47. The molecule has 3 aliphatic rings. The Hall–Kier alpha value is -11.3. The number of nitrogens with zero attached hydrogens (tertiary/aromatic N) is 3. The standard InChI is InChI=1S/C84H53N3/c1-3-22-56(23-4-1)83(57-24-5-2-6-25-57)71-35-15-10-32-69(71)81-67-31-8-7-29-65(67)80(53-75(81)83)85(58-46-42-54(43-47-58)55-44-48-59(49-45-55)86-76-38-17-11-27-63(76)64-28-12-18-39-77(64)86)60-50-51-62-61-26-9-14-34-70(61)84(74(62)52-60)72-36-16-20-41-79(72)87-78-40-19-13-30-66(78)68-33-21-37-73(84)82(68)87/h1-53H. The van der Waals surface area contributed by atoms with E-state index in [0.717, 1.165) is 33.9 Å². The number of hydrogen-bond acceptors (Lipinski definition) is 1. The van der Waals surface area contributed by atoms with E-state index in [1.165, 1.54) is 127 Å². The van der Waals surface area contributed by atoms with Gasteiger partial charge in [0.2, 0.25) is 0 Å². The molecule has 2 aromatic heterocycles. The number of benzene rings is 14. The molecule has 1 spiro atoms. The molecule has 0 radical (unpaired) electrons. The highest BCUT2D eigenvalue weighted by Crippen LogP contribution is 2.63. The van der Waals surface area contributed by atoms with Gasteiger partial charge < -0.3 is 14.0 Å². The van der Waals surface area contributed by atoms with E-state index in [1.54, 1.807) is 0 Å². The van der Waals surface area contributed by atoms with E-state index in [1.807, 2.05) is 0 Å². The second-order valence-corrected chi connectivity index (χ2v) is 23.8. The number of fused-ring (bicyclic) bond motifs is 20. The quantitative estimate of drug-likeness (QED) is 0.155. The van der Waals surface area contributed by atoms with Gasteiger partial charge in [-0.25, -0.2) is 0 Å². The van der Waals surface area contributed by atoms with E-state index >= 15 is 0 Å². The number of rotatable bonds is 7. The lowest BCUT2D eigenvalue weighted by atomic mass is 9.65. The maximum absolute atomic E-state index is 2.57. The molecule has 404 valence electrons. The molecule has 14 aromatic carbocycles. The molecule has 16 aromatic rings. The molecule has 0 N–H and O–H groups in total. The summed E-state index contributed by atoms with van der Waals surface area (Å²) in [4.78, 5) is 2.57. The second kappa shape index (κ2) is 18.1. The van der Waals surface area contributed by atoms with Crippen LogP contribution in [0.2, 0.25) is 0 Å². The normalized spacial score (nSPS) is 14.8. The van der Waals surface area contributed by atoms with Crippen LogP contribution in [0.3, 0.4) is 0 Å². The third-order valence-corrected chi connectivity index (χ3v) is 19.8. The van der Waals surface area contributed by atoms with Crippen LogP contribution in [-0.2, 0) is 10.8 Å². The van der Waals surface area contributed by atoms with Crippen molar-refractivity contribution in [1.29, 1.82) is 0 Å². The summed E-state index contributed by atoms with van der Waals surface area (Å²) in [7, 11) is 0. The molecule has 1 atom stereocenters. The van der Waals surface area contributed by atoms with Crippen molar-refractivity contribution in [3.63, 3.8) is 0 Å². The van der Waals surface area contributed by atoms with E-state index < -0.39 is 10.8 Å². The zero-order valence-electron chi connectivity index (χ0n) is 47.4. The first-order chi connectivity index (χ1) is 43.2. The highest BCUT2D eigenvalue weighted by Gasteiger charge is 2.52. The minimum Gasteiger partial charge on any atom is -0.310 e. The van der Waals surface area contributed by atoms with Gasteiger partial charge in [0.15, 0.2) is 0 Å². The summed E-state index contributed by atoms with van der Waals surface area (Å²) in [6.07, 6.45) is 0. The van der Waals surface area contributed by atoms with Crippen molar-refractivity contribution in [3.05, 3.63) is 366 Å². The van der Waals surface area contributed by atoms with Crippen LogP contribution >= 0.6 is 0 Å². The van der Waals surface area contributed by atoms with Crippen molar-refractivity contribution in [2.45, 2.75) is 10.8 Å².